The molecule has 74 valence electrons. The Morgan fingerprint density at radius 1 is 1.38 bits per heavy atom. The summed E-state index contributed by atoms with van der Waals surface area (Å²) in [6.07, 6.45) is 4.32. The van der Waals surface area contributed by atoms with Crippen molar-refractivity contribution in [1.82, 2.24) is 10.6 Å². The van der Waals surface area contributed by atoms with Gasteiger partial charge in [0.2, 0.25) is 5.91 Å². The molecule has 1 heterocycles. The van der Waals surface area contributed by atoms with Crippen molar-refractivity contribution >= 4 is 5.91 Å². The number of nitrogens with one attached hydrogen (secondary N) is 2. The van der Waals surface area contributed by atoms with Crippen LogP contribution in [0.4, 0.5) is 0 Å². The van der Waals surface area contributed by atoms with Crippen molar-refractivity contribution in [3.8, 4) is 0 Å². The van der Waals surface area contributed by atoms with Gasteiger partial charge in [-0.05, 0) is 38.8 Å². The number of hydrogen-bond acceptors (Lipinski definition) is 2. The molecule has 0 radical (unpaired) electrons. The van der Waals surface area contributed by atoms with Crippen LogP contribution in [0.3, 0.4) is 0 Å². The molecule has 0 aromatic rings. The Kier molecular flexibility index (Phi) is 2.28. The zero-order chi connectivity index (χ0) is 9.31. The van der Waals surface area contributed by atoms with Crippen LogP contribution in [0, 0.1) is 5.41 Å². The van der Waals surface area contributed by atoms with E-state index in [1.54, 1.807) is 0 Å². The molecular weight excluding hydrogens is 164 g/mol. The van der Waals surface area contributed by atoms with Gasteiger partial charge in [-0.3, -0.25) is 4.79 Å². The van der Waals surface area contributed by atoms with Crippen LogP contribution in [0.1, 0.15) is 32.6 Å². The number of rotatable bonds is 2. The Morgan fingerprint density at radius 2 is 2.00 bits per heavy atom. The molecule has 0 bridgehead atoms. The van der Waals surface area contributed by atoms with E-state index in [-0.39, 0.29) is 11.3 Å². The van der Waals surface area contributed by atoms with E-state index in [2.05, 4.69) is 17.6 Å². The molecule has 0 atom stereocenters. The number of hydrogen-bond donors (Lipinski definition) is 2. The Balaban J connectivity index is 1.90. The molecule has 13 heavy (non-hydrogen) atoms. The first-order valence-corrected chi connectivity index (χ1v) is 5.22. The Morgan fingerprint density at radius 3 is 2.54 bits per heavy atom. The summed E-state index contributed by atoms with van der Waals surface area (Å²) in [5.74, 6) is 0.275. The average molecular weight is 182 g/mol. The van der Waals surface area contributed by atoms with Crippen molar-refractivity contribution in [2.75, 3.05) is 13.1 Å². The summed E-state index contributed by atoms with van der Waals surface area (Å²) in [7, 11) is 0. The molecule has 1 aliphatic heterocycles. The van der Waals surface area contributed by atoms with Gasteiger partial charge in [0.05, 0.1) is 0 Å². The van der Waals surface area contributed by atoms with Crippen molar-refractivity contribution in [1.29, 1.82) is 0 Å². The number of piperidine rings is 1. The molecule has 2 aliphatic rings. The second kappa shape index (κ2) is 3.29. The fourth-order valence-electron chi connectivity index (χ4n) is 1.79. The van der Waals surface area contributed by atoms with Crippen LogP contribution >= 0.6 is 0 Å². The second-order valence-electron chi connectivity index (χ2n) is 4.56. The fraction of sp³-hybridized carbons (Fsp3) is 0.900. The average Bonchev–Trinajstić information content (AvgIpc) is 2.89. The van der Waals surface area contributed by atoms with Gasteiger partial charge in [0.1, 0.15) is 0 Å². The minimum absolute atomic E-state index is 0.103. The highest BCUT2D eigenvalue weighted by atomic mass is 16.2. The first-order chi connectivity index (χ1) is 6.21. The molecule has 2 rings (SSSR count). The molecule has 2 fully saturated rings. The first kappa shape index (κ1) is 9.00. The second-order valence-corrected chi connectivity index (χ2v) is 4.56. The molecule has 1 amide bonds. The summed E-state index contributed by atoms with van der Waals surface area (Å²) in [4.78, 5) is 11.8. The van der Waals surface area contributed by atoms with Crippen LogP contribution < -0.4 is 10.6 Å². The topological polar surface area (TPSA) is 41.1 Å². The summed E-state index contributed by atoms with van der Waals surface area (Å²) in [5, 5.41) is 6.38. The molecule has 0 unspecified atom stereocenters. The van der Waals surface area contributed by atoms with Gasteiger partial charge in [-0.25, -0.2) is 0 Å². The van der Waals surface area contributed by atoms with Gasteiger partial charge in [0, 0.05) is 11.5 Å². The van der Waals surface area contributed by atoms with Crippen molar-refractivity contribution < 1.29 is 4.79 Å². The van der Waals surface area contributed by atoms with E-state index < -0.39 is 0 Å². The van der Waals surface area contributed by atoms with Gasteiger partial charge in [0.15, 0.2) is 0 Å². The van der Waals surface area contributed by atoms with E-state index in [4.69, 9.17) is 0 Å². The molecule has 0 aromatic carbocycles. The maximum absolute atomic E-state index is 11.8. The fourth-order valence-corrected chi connectivity index (χ4v) is 1.79. The van der Waals surface area contributed by atoms with Crippen LogP contribution in [0.15, 0.2) is 0 Å². The quantitative estimate of drug-likeness (QED) is 0.658. The van der Waals surface area contributed by atoms with Crippen molar-refractivity contribution in [2.24, 2.45) is 5.41 Å². The standard InChI is InChI=1S/C10H18N2O/c1-10(4-6-11-7-5-10)9(13)12-8-2-3-8/h8,11H,2-7H2,1H3,(H,12,13). The Bertz CT molecular complexity index is 205. The molecule has 0 aromatic heterocycles. The molecule has 1 saturated heterocycles. The predicted octanol–water partition coefficient (Wildman–Crippen LogP) is 0.655. The molecule has 2 N–H and O–H groups in total. The maximum Gasteiger partial charge on any atom is 0.226 e. The number of amides is 1. The van der Waals surface area contributed by atoms with E-state index in [1.807, 2.05) is 0 Å². The third kappa shape index (κ3) is 2.02. The zero-order valence-electron chi connectivity index (χ0n) is 8.23. The summed E-state index contributed by atoms with van der Waals surface area (Å²) < 4.78 is 0. The van der Waals surface area contributed by atoms with Crippen LogP contribution in [-0.4, -0.2) is 25.0 Å². The summed E-state index contributed by atoms with van der Waals surface area (Å²) in [5.41, 5.74) is -0.103. The Labute approximate surface area is 79.3 Å². The summed E-state index contributed by atoms with van der Waals surface area (Å²) >= 11 is 0. The lowest BCUT2D eigenvalue weighted by atomic mass is 9.80. The van der Waals surface area contributed by atoms with Crippen LogP contribution in [0.25, 0.3) is 0 Å². The van der Waals surface area contributed by atoms with Crippen molar-refractivity contribution in [3.05, 3.63) is 0 Å². The minimum Gasteiger partial charge on any atom is -0.353 e. The van der Waals surface area contributed by atoms with Crippen molar-refractivity contribution in [3.63, 3.8) is 0 Å². The van der Waals surface area contributed by atoms with Gasteiger partial charge < -0.3 is 10.6 Å². The summed E-state index contributed by atoms with van der Waals surface area (Å²) in [6.45, 7) is 4.05. The predicted molar refractivity (Wildman–Crippen MR) is 51.4 cm³/mol. The SMILES string of the molecule is CC1(C(=O)NC2CC2)CCNCC1. The lowest BCUT2D eigenvalue weighted by molar-refractivity contribution is -0.131. The van der Waals surface area contributed by atoms with Gasteiger partial charge in [-0.1, -0.05) is 6.92 Å². The van der Waals surface area contributed by atoms with Crippen LogP contribution in [0.5, 0.6) is 0 Å². The first-order valence-electron chi connectivity index (χ1n) is 5.22. The van der Waals surface area contributed by atoms with E-state index in [0.29, 0.717) is 6.04 Å². The highest BCUT2D eigenvalue weighted by molar-refractivity contribution is 5.82. The Hall–Kier alpha value is -0.570. The number of carbonyl (C=O) groups is 1. The monoisotopic (exact) mass is 182 g/mol. The van der Waals surface area contributed by atoms with E-state index in [1.165, 1.54) is 12.8 Å². The zero-order valence-corrected chi connectivity index (χ0v) is 8.23. The van der Waals surface area contributed by atoms with Gasteiger partial charge in [0.25, 0.3) is 0 Å². The third-order valence-corrected chi connectivity index (χ3v) is 3.17. The maximum atomic E-state index is 11.8. The van der Waals surface area contributed by atoms with E-state index in [9.17, 15) is 4.79 Å². The lowest BCUT2D eigenvalue weighted by Crippen LogP contribution is -2.46. The molecule has 1 aliphatic carbocycles. The molecule has 0 spiro atoms. The van der Waals surface area contributed by atoms with Gasteiger partial charge in [-0.15, -0.1) is 0 Å². The van der Waals surface area contributed by atoms with Crippen LogP contribution in [-0.2, 0) is 4.79 Å². The van der Waals surface area contributed by atoms with Crippen molar-refractivity contribution in [2.45, 2.75) is 38.6 Å². The highest BCUT2D eigenvalue weighted by Gasteiger charge is 2.37. The lowest BCUT2D eigenvalue weighted by Gasteiger charge is -2.32. The smallest absolute Gasteiger partial charge is 0.226 e. The van der Waals surface area contributed by atoms with Crippen LogP contribution in [0.2, 0.25) is 0 Å². The minimum atomic E-state index is -0.103. The molecule has 3 nitrogen and oxygen atoms in total. The normalized spacial score (nSPS) is 26.8. The third-order valence-electron chi connectivity index (χ3n) is 3.17. The number of carbonyl (C=O) groups excluding carboxylic acids is 1. The van der Waals surface area contributed by atoms with Gasteiger partial charge >= 0.3 is 0 Å². The molecular formula is C10H18N2O. The summed E-state index contributed by atoms with van der Waals surface area (Å²) in [6, 6.07) is 0.499. The molecule has 1 saturated carbocycles. The largest absolute Gasteiger partial charge is 0.353 e. The highest BCUT2D eigenvalue weighted by Crippen LogP contribution is 2.30. The molecule has 3 heteroatoms. The van der Waals surface area contributed by atoms with E-state index >= 15 is 0 Å². The van der Waals surface area contributed by atoms with Gasteiger partial charge in [-0.2, -0.15) is 0 Å². The van der Waals surface area contributed by atoms with E-state index in [0.717, 1.165) is 25.9 Å².